The quantitative estimate of drug-likeness (QED) is 0.676. The van der Waals surface area contributed by atoms with Gasteiger partial charge < -0.3 is 9.42 Å². The van der Waals surface area contributed by atoms with Crippen LogP contribution in [0.4, 0.5) is 0 Å². The highest BCUT2D eigenvalue weighted by atomic mass is 16.5. The summed E-state index contributed by atoms with van der Waals surface area (Å²) in [6.45, 7) is 4.58. The van der Waals surface area contributed by atoms with Gasteiger partial charge in [0.1, 0.15) is 5.76 Å². The SMILES string of the molecule is Cc1noc(C)c1-c1cncc(CC[C@@H]2CCCN2C(=O)c2cnn(C)c2)n1. The average Bonchev–Trinajstić information content (AvgIpc) is 3.40. The predicted molar refractivity (Wildman–Crippen MR) is 103 cm³/mol. The Labute approximate surface area is 163 Å². The number of nitrogens with zero attached hydrogens (tertiary/aromatic N) is 6. The molecule has 0 aliphatic carbocycles. The minimum atomic E-state index is 0.0613. The molecule has 1 atom stereocenters. The van der Waals surface area contributed by atoms with Gasteiger partial charge in [-0.3, -0.25) is 14.5 Å². The normalized spacial score (nSPS) is 16.7. The van der Waals surface area contributed by atoms with E-state index in [0.717, 1.165) is 60.6 Å². The zero-order valence-electron chi connectivity index (χ0n) is 16.4. The second-order valence-electron chi connectivity index (χ2n) is 7.33. The van der Waals surface area contributed by atoms with Gasteiger partial charge in [0.25, 0.3) is 5.91 Å². The smallest absolute Gasteiger partial charge is 0.257 e. The number of hydrogen-bond donors (Lipinski definition) is 0. The lowest BCUT2D eigenvalue weighted by molar-refractivity contribution is 0.0730. The minimum Gasteiger partial charge on any atom is -0.361 e. The van der Waals surface area contributed by atoms with E-state index in [9.17, 15) is 4.79 Å². The van der Waals surface area contributed by atoms with Gasteiger partial charge in [-0.25, -0.2) is 4.98 Å². The van der Waals surface area contributed by atoms with Crippen LogP contribution in [0.5, 0.6) is 0 Å². The molecule has 0 unspecified atom stereocenters. The first-order valence-electron chi connectivity index (χ1n) is 9.56. The van der Waals surface area contributed by atoms with Gasteiger partial charge in [0, 0.05) is 32.0 Å². The Kier molecular flexibility index (Phi) is 4.93. The summed E-state index contributed by atoms with van der Waals surface area (Å²) in [6.07, 6.45) is 10.6. The molecule has 0 bridgehead atoms. The first kappa shape index (κ1) is 18.3. The molecule has 1 fully saturated rings. The zero-order chi connectivity index (χ0) is 19.7. The Morgan fingerprint density at radius 2 is 2.14 bits per heavy atom. The molecule has 0 spiro atoms. The van der Waals surface area contributed by atoms with Crippen LogP contribution in [0.1, 0.15) is 46.8 Å². The third-order valence-electron chi connectivity index (χ3n) is 5.30. The Hall–Kier alpha value is -3.03. The zero-order valence-corrected chi connectivity index (χ0v) is 16.4. The lowest BCUT2D eigenvalue weighted by Crippen LogP contribution is -2.35. The van der Waals surface area contributed by atoms with Crippen molar-refractivity contribution in [2.45, 2.75) is 45.6 Å². The second-order valence-corrected chi connectivity index (χ2v) is 7.33. The van der Waals surface area contributed by atoms with E-state index in [1.165, 1.54) is 0 Å². The molecule has 1 amide bonds. The molecule has 0 aromatic carbocycles. The number of likely N-dealkylation sites (tertiary alicyclic amines) is 1. The van der Waals surface area contributed by atoms with E-state index in [0.29, 0.717) is 5.56 Å². The van der Waals surface area contributed by atoms with E-state index in [2.05, 4.69) is 15.2 Å². The van der Waals surface area contributed by atoms with E-state index < -0.39 is 0 Å². The summed E-state index contributed by atoms with van der Waals surface area (Å²) in [6, 6.07) is 0.220. The monoisotopic (exact) mass is 380 g/mol. The summed E-state index contributed by atoms with van der Waals surface area (Å²) in [5, 5.41) is 8.11. The van der Waals surface area contributed by atoms with Crippen LogP contribution in [0.15, 0.2) is 29.3 Å². The first-order chi connectivity index (χ1) is 13.5. The summed E-state index contributed by atoms with van der Waals surface area (Å²) in [5.41, 5.74) is 4.06. The van der Waals surface area contributed by atoms with E-state index in [-0.39, 0.29) is 11.9 Å². The van der Waals surface area contributed by atoms with Gasteiger partial charge in [-0.1, -0.05) is 5.16 Å². The van der Waals surface area contributed by atoms with Crippen LogP contribution < -0.4 is 0 Å². The number of carbonyl (C=O) groups excluding carboxylic acids is 1. The highest BCUT2D eigenvalue weighted by molar-refractivity contribution is 5.94. The predicted octanol–water partition coefficient (Wildman–Crippen LogP) is 2.72. The lowest BCUT2D eigenvalue weighted by Gasteiger charge is -2.24. The Morgan fingerprint density at radius 3 is 2.86 bits per heavy atom. The van der Waals surface area contributed by atoms with Crippen molar-refractivity contribution in [3.8, 4) is 11.3 Å². The van der Waals surface area contributed by atoms with Crippen molar-refractivity contribution in [1.29, 1.82) is 0 Å². The van der Waals surface area contributed by atoms with E-state index >= 15 is 0 Å². The summed E-state index contributed by atoms with van der Waals surface area (Å²) in [5.74, 6) is 0.805. The maximum Gasteiger partial charge on any atom is 0.257 e. The number of aryl methyl sites for hydroxylation is 4. The first-order valence-corrected chi connectivity index (χ1v) is 9.56. The largest absolute Gasteiger partial charge is 0.361 e. The van der Waals surface area contributed by atoms with Crippen molar-refractivity contribution in [1.82, 2.24) is 29.8 Å². The summed E-state index contributed by atoms with van der Waals surface area (Å²) < 4.78 is 6.91. The lowest BCUT2D eigenvalue weighted by atomic mass is 10.1. The molecule has 28 heavy (non-hydrogen) atoms. The topological polar surface area (TPSA) is 89.9 Å². The number of carbonyl (C=O) groups is 1. The van der Waals surface area contributed by atoms with Crippen LogP contribution >= 0.6 is 0 Å². The molecular formula is C20H24N6O2. The van der Waals surface area contributed by atoms with Gasteiger partial charge in [-0.05, 0) is 39.5 Å². The van der Waals surface area contributed by atoms with Crippen molar-refractivity contribution in [2.75, 3.05) is 6.54 Å². The average molecular weight is 380 g/mol. The Morgan fingerprint density at radius 1 is 1.29 bits per heavy atom. The van der Waals surface area contributed by atoms with Crippen LogP contribution in [0, 0.1) is 13.8 Å². The van der Waals surface area contributed by atoms with Crippen LogP contribution in [0.2, 0.25) is 0 Å². The van der Waals surface area contributed by atoms with Crippen LogP contribution in [0.25, 0.3) is 11.3 Å². The molecule has 1 saturated heterocycles. The highest BCUT2D eigenvalue weighted by Gasteiger charge is 2.29. The maximum absolute atomic E-state index is 12.8. The molecule has 1 aliphatic heterocycles. The fraction of sp³-hybridized carbons (Fsp3) is 0.450. The molecule has 8 nitrogen and oxygen atoms in total. The molecule has 0 radical (unpaired) electrons. The number of amides is 1. The van der Waals surface area contributed by atoms with Gasteiger partial charge in [-0.15, -0.1) is 0 Å². The van der Waals surface area contributed by atoms with Crippen LogP contribution in [0.3, 0.4) is 0 Å². The fourth-order valence-electron chi connectivity index (χ4n) is 3.91. The molecule has 4 rings (SSSR count). The van der Waals surface area contributed by atoms with E-state index in [4.69, 9.17) is 9.51 Å². The summed E-state index contributed by atoms with van der Waals surface area (Å²) in [4.78, 5) is 23.9. The van der Waals surface area contributed by atoms with Crippen LogP contribution in [-0.2, 0) is 13.5 Å². The molecule has 3 aromatic heterocycles. The molecule has 146 valence electrons. The van der Waals surface area contributed by atoms with Crippen molar-refractivity contribution >= 4 is 5.91 Å². The molecule has 4 heterocycles. The van der Waals surface area contributed by atoms with Gasteiger partial charge in [0.2, 0.25) is 0 Å². The highest BCUT2D eigenvalue weighted by Crippen LogP contribution is 2.26. The Balaban J connectivity index is 1.45. The third kappa shape index (κ3) is 3.54. The minimum absolute atomic E-state index is 0.0613. The molecule has 0 N–H and O–H groups in total. The van der Waals surface area contributed by atoms with Gasteiger partial charge in [0.15, 0.2) is 0 Å². The molecule has 0 saturated carbocycles. The van der Waals surface area contributed by atoms with Crippen LogP contribution in [-0.4, -0.2) is 48.3 Å². The standard InChI is InChI=1S/C20H24N6O2/c1-13-19(14(2)28-24-13)18-11-21-10-16(23-18)6-7-17-5-4-8-26(17)20(27)15-9-22-25(3)12-15/h9-12,17H,4-8H2,1-3H3/t17-/m0/s1. The molecule has 3 aromatic rings. The maximum atomic E-state index is 12.8. The number of aromatic nitrogens is 5. The fourth-order valence-corrected chi connectivity index (χ4v) is 3.91. The van der Waals surface area contributed by atoms with Crippen molar-refractivity contribution in [3.63, 3.8) is 0 Å². The van der Waals surface area contributed by atoms with Crippen molar-refractivity contribution in [2.24, 2.45) is 7.05 Å². The van der Waals surface area contributed by atoms with Crippen molar-refractivity contribution < 1.29 is 9.32 Å². The van der Waals surface area contributed by atoms with Gasteiger partial charge in [0.05, 0.1) is 40.6 Å². The summed E-state index contributed by atoms with van der Waals surface area (Å²) >= 11 is 0. The van der Waals surface area contributed by atoms with Gasteiger partial charge >= 0.3 is 0 Å². The Bertz CT molecular complexity index is 973. The third-order valence-corrected chi connectivity index (χ3v) is 5.30. The summed E-state index contributed by atoms with van der Waals surface area (Å²) in [7, 11) is 1.82. The van der Waals surface area contributed by atoms with Crippen molar-refractivity contribution in [3.05, 3.63) is 47.5 Å². The molecule has 8 heteroatoms. The van der Waals surface area contributed by atoms with Gasteiger partial charge in [-0.2, -0.15) is 5.10 Å². The number of hydrogen-bond acceptors (Lipinski definition) is 6. The van der Waals surface area contributed by atoms with E-state index in [1.807, 2.05) is 25.8 Å². The molecule has 1 aliphatic rings. The second kappa shape index (κ2) is 7.53. The molecular weight excluding hydrogens is 356 g/mol. The number of rotatable bonds is 5. The van der Waals surface area contributed by atoms with E-state index in [1.54, 1.807) is 29.5 Å².